The van der Waals surface area contributed by atoms with Crippen LogP contribution < -0.4 is 10.2 Å². The zero-order valence-corrected chi connectivity index (χ0v) is 16.1. The SMILES string of the molecule is COc1ccc(O)c(/C=N/Nc2nnc3c4cc(Br)ccc4n(C)c3n2)c1. The molecule has 0 radical (unpaired) electrons. The number of ether oxygens (including phenoxy) is 1. The molecule has 0 saturated heterocycles. The molecule has 0 unspecified atom stereocenters. The van der Waals surface area contributed by atoms with Crippen LogP contribution in [0.4, 0.5) is 5.95 Å². The van der Waals surface area contributed by atoms with Crippen molar-refractivity contribution in [3.63, 3.8) is 0 Å². The smallest absolute Gasteiger partial charge is 0.265 e. The third-order valence-electron chi connectivity index (χ3n) is 4.16. The second-order valence-corrected chi connectivity index (χ2v) is 6.74. The molecule has 4 aromatic rings. The van der Waals surface area contributed by atoms with E-state index in [1.165, 1.54) is 12.3 Å². The van der Waals surface area contributed by atoms with Gasteiger partial charge in [0.2, 0.25) is 0 Å². The highest BCUT2D eigenvalue weighted by atomic mass is 79.9. The van der Waals surface area contributed by atoms with Crippen molar-refractivity contribution in [2.24, 2.45) is 12.1 Å². The van der Waals surface area contributed by atoms with Crippen molar-refractivity contribution < 1.29 is 9.84 Å². The van der Waals surface area contributed by atoms with E-state index in [9.17, 15) is 5.11 Å². The third-order valence-corrected chi connectivity index (χ3v) is 4.66. The summed E-state index contributed by atoms with van der Waals surface area (Å²) in [6.45, 7) is 0. The summed E-state index contributed by atoms with van der Waals surface area (Å²) in [5, 5.41) is 23.3. The average molecular weight is 427 g/mol. The highest BCUT2D eigenvalue weighted by Crippen LogP contribution is 2.28. The van der Waals surface area contributed by atoms with Crippen LogP contribution in [0.2, 0.25) is 0 Å². The molecule has 8 nitrogen and oxygen atoms in total. The standard InChI is InChI=1S/C18H15BrN6O2/c1-25-14-5-3-11(19)8-13(14)16-17(25)21-18(24-22-16)23-20-9-10-7-12(27-2)4-6-15(10)26/h3-9,26H,1-2H3,(H,21,23,24)/b20-9+. The van der Waals surface area contributed by atoms with E-state index in [0.29, 0.717) is 22.5 Å². The summed E-state index contributed by atoms with van der Waals surface area (Å²) in [5.41, 5.74) is 5.67. The highest BCUT2D eigenvalue weighted by molar-refractivity contribution is 9.10. The molecule has 2 aromatic carbocycles. The molecule has 0 fully saturated rings. The number of methoxy groups -OCH3 is 1. The first-order chi connectivity index (χ1) is 13.1. The molecule has 2 heterocycles. The Morgan fingerprint density at radius 1 is 1.22 bits per heavy atom. The van der Waals surface area contributed by atoms with Gasteiger partial charge in [-0.15, -0.1) is 10.2 Å². The fourth-order valence-corrected chi connectivity index (χ4v) is 3.16. The van der Waals surface area contributed by atoms with Gasteiger partial charge >= 0.3 is 0 Å². The van der Waals surface area contributed by atoms with E-state index in [4.69, 9.17) is 4.74 Å². The van der Waals surface area contributed by atoms with Gasteiger partial charge in [-0.05, 0) is 36.4 Å². The number of halogens is 1. The van der Waals surface area contributed by atoms with E-state index in [0.717, 1.165) is 15.4 Å². The van der Waals surface area contributed by atoms with Gasteiger partial charge in [-0.3, -0.25) is 0 Å². The monoisotopic (exact) mass is 426 g/mol. The second-order valence-electron chi connectivity index (χ2n) is 5.82. The molecule has 0 aliphatic carbocycles. The molecule has 4 rings (SSSR count). The van der Waals surface area contributed by atoms with E-state index in [-0.39, 0.29) is 11.7 Å². The molecule has 9 heteroatoms. The number of hydrogen-bond donors (Lipinski definition) is 2. The lowest BCUT2D eigenvalue weighted by Gasteiger charge is -2.03. The van der Waals surface area contributed by atoms with Crippen molar-refractivity contribution in [1.29, 1.82) is 0 Å². The van der Waals surface area contributed by atoms with Gasteiger partial charge < -0.3 is 14.4 Å². The maximum absolute atomic E-state index is 9.88. The van der Waals surface area contributed by atoms with Crippen LogP contribution in [0, 0.1) is 0 Å². The van der Waals surface area contributed by atoms with Crippen LogP contribution in [-0.2, 0) is 7.05 Å². The minimum atomic E-state index is 0.0927. The Morgan fingerprint density at radius 2 is 2.07 bits per heavy atom. The number of aromatic hydroxyl groups is 1. The molecule has 0 spiro atoms. The van der Waals surface area contributed by atoms with Gasteiger partial charge in [0, 0.05) is 22.5 Å². The Hall–Kier alpha value is -3.20. The number of phenols is 1. The van der Waals surface area contributed by atoms with Crippen molar-refractivity contribution in [3.8, 4) is 11.5 Å². The first-order valence-corrected chi connectivity index (χ1v) is 8.80. The predicted molar refractivity (Wildman–Crippen MR) is 107 cm³/mol. The van der Waals surface area contributed by atoms with E-state index < -0.39 is 0 Å². The van der Waals surface area contributed by atoms with Gasteiger partial charge in [-0.25, -0.2) is 5.43 Å². The number of rotatable bonds is 4. The van der Waals surface area contributed by atoms with Crippen LogP contribution in [0.5, 0.6) is 11.5 Å². The fraction of sp³-hybridized carbons (Fsp3) is 0.111. The summed E-state index contributed by atoms with van der Waals surface area (Å²) in [5.74, 6) is 0.969. The maximum atomic E-state index is 9.88. The van der Waals surface area contributed by atoms with Crippen LogP contribution in [0.3, 0.4) is 0 Å². The summed E-state index contributed by atoms with van der Waals surface area (Å²) in [7, 11) is 3.48. The normalized spacial score (nSPS) is 11.5. The Kier molecular flexibility index (Phi) is 4.36. The summed E-state index contributed by atoms with van der Waals surface area (Å²) in [6.07, 6.45) is 1.46. The zero-order valence-electron chi connectivity index (χ0n) is 14.5. The van der Waals surface area contributed by atoms with Crippen molar-refractivity contribution in [2.45, 2.75) is 0 Å². The average Bonchev–Trinajstić information content (AvgIpc) is 2.95. The van der Waals surface area contributed by atoms with Gasteiger partial charge in [0.1, 0.15) is 17.0 Å². The molecular formula is C18H15BrN6O2. The Labute approximate surface area is 162 Å². The van der Waals surface area contributed by atoms with Crippen molar-refractivity contribution in [3.05, 3.63) is 46.4 Å². The van der Waals surface area contributed by atoms with Crippen LogP contribution in [-0.4, -0.2) is 38.2 Å². The summed E-state index contributed by atoms with van der Waals surface area (Å²) in [6, 6.07) is 10.8. The molecule has 0 bridgehead atoms. The van der Waals surface area contributed by atoms with E-state index in [1.54, 1.807) is 19.2 Å². The third kappa shape index (κ3) is 3.17. The second kappa shape index (κ2) is 6.84. The van der Waals surface area contributed by atoms with Gasteiger partial charge in [0.15, 0.2) is 5.65 Å². The molecule has 0 amide bonds. The fourth-order valence-electron chi connectivity index (χ4n) is 2.80. The number of nitrogens with one attached hydrogen (secondary N) is 1. The van der Waals surface area contributed by atoms with Crippen molar-refractivity contribution in [1.82, 2.24) is 19.7 Å². The van der Waals surface area contributed by atoms with Gasteiger partial charge in [-0.1, -0.05) is 15.9 Å². The number of benzene rings is 2. The van der Waals surface area contributed by atoms with Crippen LogP contribution >= 0.6 is 15.9 Å². The Balaban J connectivity index is 1.65. The number of phenolic OH excluding ortho intramolecular Hbond substituents is 1. The molecule has 0 saturated carbocycles. The number of nitrogens with zero attached hydrogens (tertiary/aromatic N) is 5. The number of fused-ring (bicyclic) bond motifs is 3. The molecule has 0 aliphatic rings. The zero-order chi connectivity index (χ0) is 19.0. The van der Waals surface area contributed by atoms with Gasteiger partial charge in [-0.2, -0.15) is 10.1 Å². The largest absolute Gasteiger partial charge is 0.507 e. The first kappa shape index (κ1) is 17.2. The van der Waals surface area contributed by atoms with Gasteiger partial charge in [0.25, 0.3) is 5.95 Å². The molecule has 136 valence electrons. The minimum Gasteiger partial charge on any atom is -0.507 e. The van der Waals surface area contributed by atoms with Crippen LogP contribution in [0.15, 0.2) is 46.0 Å². The number of aryl methyl sites for hydroxylation is 1. The summed E-state index contributed by atoms with van der Waals surface area (Å²) < 4.78 is 8.06. The quantitative estimate of drug-likeness (QED) is 0.383. The van der Waals surface area contributed by atoms with Crippen molar-refractivity contribution in [2.75, 3.05) is 12.5 Å². The predicted octanol–water partition coefficient (Wildman–Crippen LogP) is 3.44. The lowest BCUT2D eigenvalue weighted by Crippen LogP contribution is -2.01. The molecule has 2 aromatic heterocycles. The summed E-state index contributed by atoms with van der Waals surface area (Å²) in [4.78, 5) is 4.49. The van der Waals surface area contributed by atoms with Gasteiger partial charge in [0.05, 0.1) is 18.8 Å². The number of hydrogen-bond acceptors (Lipinski definition) is 7. The molecular weight excluding hydrogens is 412 g/mol. The lowest BCUT2D eigenvalue weighted by molar-refractivity contribution is 0.412. The Bertz CT molecular complexity index is 1190. The topological polar surface area (TPSA) is 97.5 Å². The minimum absolute atomic E-state index is 0.0927. The maximum Gasteiger partial charge on any atom is 0.265 e. The highest BCUT2D eigenvalue weighted by Gasteiger charge is 2.12. The molecule has 0 atom stereocenters. The first-order valence-electron chi connectivity index (χ1n) is 8.01. The van der Waals surface area contributed by atoms with E-state index in [2.05, 4.69) is 41.6 Å². The molecule has 2 N–H and O–H groups in total. The van der Waals surface area contributed by atoms with Crippen LogP contribution in [0.1, 0.15) is 5.56 Å². The van der Waals surface area contributed by atoms with E-state index >= 15 is 0 Å². The Morgan fingerprint density at radius 3 is 2.89 bits per heavy atom. The van der Waals surface area contributed by atoms with Crippen LogP contribution in [0.25, 0.3) is 22.1 Å². The number of anilines is 1. The number of aromatic nitrogens is 4. The lowest BCUT2D eigenvalue weighted by atomic mass is 10.2. The summed E-state index contributed by atoms with van der Waals surface area (Å²) >= 11 is 3.48. The molecule has 27 heavy (non-hydrogen) atoms. The van der Waals surface area contributed by atoms with E-state index in [1.807, 2.05) is 29.8 Å². The number of hydrazone groups is 1. The molecule has 0 aliphatic heterocycles. The van der Waals surface area contributed by atoms with Crippen molar-refractivity contribution >= 4 is 50.2 Å².